The smallest absolute Gasteiger partial charge is 0.239 e. The summed E-state index contributed by atoms with van der Waals surface area (Å²) in [4.78, 5) is 16.2. The number of carbonyl (C=O) groups is 1. The SMILES string of the molecule is C[C@@H](N)C(=O)N1CCC(CN(C)Cc2ccccc2)CC1. The third-order valence-corrected chi connectivity index (χ3v) is 4.18. The maximum absolute atomic E-state index is 11.9. The van der Waals surface area contributed by atoms with Gasteiger partial charge in [0.25, 0.3) is 0 Å². The summed E-state index contributed by atoms with van der Waals surface area (Å²) in [6, 6.07) is 10.2. The zero-order valence-electron chi connectivity index (χ0n) is 13.2. The van der Waals surface area contributed by atoms with Gasteiger partial charge in [-0.3, -0.25) is 4.79 Å². The minimum Gasteiger partial charge on any atom is -0.341 e. The minimum atomic E-state index is -0.373. The van der Waals surface area contributed by atoms with E-state index in [4.69, 9.17) is 5.73 Å². The molecule has 4 heteroatoms. The van der Waals surface area contributed by atoms with Crippen molar-refractivity contribution in [2.24, 2.45) is 11.7 Å². The van der Waals surface area contributed by atoms with E-state index in [0.717, 1.165) is 39.0 Å². The number of nitrogens with two attached hydrogens (primary N) is 1. The molecule has 1 aromatic carbocycles. The van der Waals surface area contributed by atoms with Crippen LogP contribution in [-0.4, -0.2) is 48.4 Å². The summed E-state index contributed by atoms with van der Waals surface area (Å²) in [6.07, 6.45) is 2.16. The summed E-state index contributed by atoms with van der Waals surface area (Å²) in [7, 11) is 2.17. The van der Waals surface area contributed by atoms with Gasteiger partial charge in [-0.2, -0.15) is 0 Å². The van der Waals surface area contributed by atoms with Crippen LogP contribution in [0.3, 0.4) is 0 Å². The topological polar surface area (TPSA) is 49.6 Å². The zero-order valence-corrected chi connectivity index (χ0v) is 13.2. The molecular weight excluding hydrogens is 262 g/mol. The van der Waals surface area contributed by atoms with Crippen LogP contribution in [0.5, 0.6) is 0 Å². The Labute approximate surface area is 127 Å². The molecule has 0 spiro atoms. The van der Waals surface area contributed by atoms with E-state index in [-0.39, 0.29) is 11.9 Å². The molecule has 1 aliphatic heterocycles. The van der Waals surface area contributed by atoms with Crippen molar-refractivity contribution in [3.8, 4) is 0 Å². The third kappa shape index (κ3) is 4.83. The van der Waals surface area contributed by atoms with Crippen LogP contribution in [-0.2, 0) is 11.3 Å². The fraction of sp³-hybridized carbons (Fsp3) is 0.588. The molecule has 1 heterocycles. The third-order valence-electron chi connectivity index (χ3n) is 4.18. The Morgan fingerprint density at radius 1 is 1.33 bits per heavy atom. The summed E-state index contributed by atoms with van der Waals surface area (Å²) < 4.78 is 0. The number of hydrogen-bond donors (Lipinski definition) is 1. The van der Waals surface area contributed by atoms with Gasteiger partial charge in [0.15, 0.2) is 0 Å². The Hall–Kier alpha value is -1.39. The molecule has 0 aliphatic carbocycles. The highest BCUT2D eigenvalue weighted by molar-refractivity contribution is 5.81. The first-order valence-electron chi connectivity index (χ1n) is 7.83. The average molecular weight is 289 g/mol. The summed E-state index contributed by atoms with van der Waals surface area (Å²) >= 11 is 0. The van der Waals surface area contributed by atoms with Crippen LogP contribution in [0.15, 0.2) is 30.3 Å². The average Bonchev–Trinajstić information content (AvgIpc) is 2.48. The number of likely N-dealkylation sites (tertiary alicyclic amines) is 1. The number of rotatable bonds is 5. The lowest BCUT2D eigenvalue weighted by Crippen LogP contribution is -2.46. The second-order valence-electron chi connectivity index (χ2n) is 6.24. The highest BCUT2D eigenvalue weighted by Gasteiger charge is 2.24. The van der Waals surface area contributed by atoms with Crippen LogP contribution in [0.2, 0.25) is 0 Å². The van der Waals surface area contributed by atoms with E-state index in [0.29, 0.717) is 5.92 Å². The molecule has 1 amide bonds. The normalized spacial score (nSPS) is 18.0. The molecule has 2 rings (SSSR count). The molecule has 1 aromatic rings. The van der Waals surface area contributed by atoms with Gasteiger partial charge in [0.05, 0.1) is 6.04 Å². The Morgan fingerprint density at radius 2 is 1.95 bits per heavy atom. The molecule has 1 aliphatic rings. The number of benzene rings is 1. The molecule has 1 atom stereocenters. The quantitative estimate of drug-likeness (QED) is 0.897. The Bertz CT molecular complexity index is 439. The van der Waals surface area contributed by atoms with Crippen molar-refractivity contribution in [2.45, 2.75) is 32.4 Å². The lowest BCUT2D eigenvalue weighted by molar-refractivity contribution is -0.133. The molecular formula is C17H27N3O. The van der Waals surface area contributed by atoms with Gasteiger partial charge in [-0.25, -0.2) is 0 Å². The summed E-state index contributed by atoms with van der Waals surface area (Å²) in [5, 5.41) is 0. The Morgan fingerprint density at radius 3 is 2.52 bits per heavy atom. The van der Waals surface area contributed by atoms with Gasteiger partial charge < -0.3 is 15.5 Å². The van der Waals surface area contributed by atoms with Crippen LogP contribution in [0.1, 0.15) is 25.3 Å². The first-order chi connectivity index (χ1) is 10.1. The molecule has 1 fully saturated rings. The second-order valence-corrected chi connectivity index (χ2v) is 6.24. The number of carbonyl (C=O) groups excluding carboxylic acids is 1. The highest BCUT2D eigenvalue weighted by Crippen LogP contribution is 2.19. The van der Waals surface area contributed by atoms with Crippen molar-refractivity contribution in [1.82, 2.24) is 9.80 Å². The molecule has 0 unspecified atom stereocenters. The van der Waals surface area contributed by atoms with E-state index in [9.17, 15) is 4.79 Å². The molecule has 2 N–H and O–H groups in total. The van der Waals surface area contributed by atoms with Crippen LogP contribution in [0.25, 0.3) is 0 Å². The van der Waals surface area contributed by atoms with Crippen molar-refractivity contribution < 1.29 is 4.79 Å². The van der Waals surface area contributed by atoms with Gasteiger partial charge in [-0.05, 0) is 38.3 Å². The summed E-state index contributed by atoms with van der Waals surface area (Å²) in [5.41, 5.74) is 7.02. The Balaban J connectivity index is 1.74. The monoisotopic (exact) mass is 289 g/mol. The standard InChI is InChI=1S/C17H27N3O/c1-14(18)17(21)20-10-8-16(9-11-20)13-19(2)12-15-6-4-3-5-7-15/h3-7,14,16H,8-13,18H2,1-2H3/t14-/m1/s1. The Kier molecular flexibility index (Phi) is 5.76. The van der Waals surface area contributed by atoms with Gasteiger partial charge in [-0.1, -0.05) is 30.3 Å². The molecule has 4 nitrogen and oxygen atoms in total. The maximum Gasteiger partial charge on any atom is 0.239 e. The van der Waals surface area contributed by atoms with Crippen molar-refractivity contribution in [1.29, 1.82) is 0 Å². The molecule has 0 radical (unpaired) electrons. The van der Waals surface area contributed by atoms with Gasteiger partial charge in [-0.15, -0.1) is 0 Å². The first kappa shape index (κ1) is 16.0. The second kappa shape index (κ2) is 7.57. The zero-order chi connectivity index (χ0) is 15.2. The van der Waals surface area contributed by atoms with Gasteiger partial charge in [0.1, 0.15) is 0 Å². The highest BCUT2D eigenvalue weighted by atomic mass is 16.2. The van der Waals surface area contributed by atoms with Crippen LogP contribution in [0, 0.1) is 5.92 Å². The van der Waals surface area contributed by atoms with Crippen molar-refractivity contribution in [2.75, 3.05) is 26.7 Å². The molecule has 0 bridgehead atoms. The number of amides is 1. The van der Waals surface area contributed by atoms with Crippen molar-refractivity contribution in [3.63, 3.8) is 0 Å². The molecule has 0 saturated carbocycles. The molecule has 116 valence electrons. The first-order valence-corrected chi connectivity index (χ1v) is 7.83. The number of piperidine rings is 1. The van der Waals surface area contributed by atoms with E-state index in [1.807, 2.05) is 4.90 Å². The fourth-order valence-electron chi connectivity index (χ4n) is 3.02. The predicted octanol–water partition coefficient (Wildman–Crippen LogP) is 1.70. The van der Waals surface area contributed by atoms with Crippen molar-refractivity contribution in [3.05, 3.63) is 35.9 Å². The molecule has 1 saturated heterocycles. The van der Waals surface area contributed by atoms with Crippen LogP contribution < -0.4 is 5.73 Å². The molecule has 21 heavy (non-hydrogen) atoms. The van der Waals surface area contributed by atoms with E-state index in [2.05, 4.69) is 42.3 Å². The van der Waals surface area contributed by atoms with E-state index in [1.54, 1.807) is 6.92 Å². The number of nitrogens with zero attached hydrogens (tertiary/aromatic N) is 2. The lowest BCUT2D eigenvalue weighted by atomic mass is 9.95. The van der Waals surface area contributed by atoms with Gasteiger partial charge in [0, 0.05) is 26.2 Å². The van der Waals surface area contributed by atoms with E-state index in [1.165, 1.54) is 5.56 Å². The largest absolute Gasteiger partial charge is 0.341 e. The van der Waals surface area contributed by atoms with E-state index >= 15 is 0 Å². The lowest BCUT2D eigenvalue weighted by Gasteiger charge is -2.34. The molecule has 0 aromatic heterocycles. The van der Waals surface area contributed by atoms with Crippen LogP contribution in [0.4, 0.5) is 0 Å². The predicted molar refractivity (Wildman–Crippen MR) is 85.7 cm³/mol. The summed E-state index contributed by atoms with van der Waals surface area (Å²) in [6.45, 7) is 5.55. The summed E-state index contributed by atoms with van der Waals surface area (Å²) in [5.74, 6) is 0.766. The maximum atomic E-state index is 11.9. The van der Waals surface area contributed by atoms with Gasteiger partial charge in [0.2, 0.25) is 5.91 Å². The van der Waals surface area contributed by atoms with Gasteiger partial charge >= 0.3 is 0 Å². The number of hydrogen-bond acceptors (Lipinski definition) is 3. The van der Waals surface area contributed by atoms with Crippen LogP contribution >= 0.6 is 0 Å². The van der Waals surface area contributed by atoms with E-state index < -0.39 is 0 Å². The fourth-order valence-corrected chi connectivity index (χ4v) is 3.02. The minimum absolute atomic E-state index is 0.0890. The van der Waals surface area contributed by atoms with Crippen molar-refractivity contribution >= 4 is 5.91 Å².